The molecule has 17 aromatic carbocycles. The fraction of sp³-hybridized carbons (Fsp3) is 0.182. The maximum atomic E-state index is 5.82. The van der Waals surface area contributed by atoms with Crippen LogP contribution >= 0.6 is 0 Å². The monoisotopic (exact) mass is 1880 g/mol. The highest BCUT2D eigenvalue weighted by Crippen LogP contribution is 2.44. The van der Waals surface area contributed by atoms with E-state index in [4.69, 9.17) is 19.4 Å². The Morgan fingerprint density at radius 3 is 0.882 bits per heavy atom. The predicted octanol–water partition coefficient (Wildman–Crippen LogP) is 35.0. The maximum Gasteiger partial charge on any atom is 0.239 e. The number of rotatable bonds is 7. The van der Waals surface area contributed by atoms with E-state index in [0.717, 1.165) is 67.7 Å². The lowest BCUT2D eigenvalue weighted by molar-refractivity contribution is 0.537. The molecule has 0 aliphatic heterocycles. The molecule has 0 spiro atoms. The second-order valence-electron chi connectivity index (χ2n) is 43.6. The molecule has 25 aromatic rings. The molecule has 0 unspecified atom stereocenters. The highest BCUT2D eigenvalue weighted by atomic mass is 16.3. The van der Waals surface area contributed by atoms with Crippen molar-refractivity contribution < 1.29 is 4.42 Å². The standard InChI is InChI=1S/C31H25N5.3C22H21N.C19H19N3.C16H16O/c1-31(2,3)28-32-29(35-24-16-8-4-12-20(24)21-13-5-9-17-25(21)35)34-30(33-28)36-26-18-10-6-14-22(26)23-15-7-11-19-27(23)36;1-22(2,3)18-13-9-15-20-21(18)17-12-7-8-14-19(17)23(20)16-10-5-4-6-11-16;1-22(2,3)16-13-14-21-19(15-16)18-11-7-8-12-20(18)23(21)17-9-5-4-6-10-17;1-22(2,3)16-13-14-19-18-11-7-8-12-20(18)23(21(19)15-16)17-9-5-4-6-10-17;1-19(2,3)18-21-16(14-10-6-4-7-11-14)20-17(22-18)15-12-8-5-9-13-15;1-16(2,3)11-8-9-15-13(10-11)12-6-4-5-7-14(12)17-15/h4-19H,1-3H3;3*4-15H,1-3H3;4-13H,1-3H3;4-10H,1-3H3. The van der Waals surface area contributed by atoms with Crippen LogP contribution in [-0.2, 0) is 32.5 Å². The van der Waals surface area contributed by atoms with Gasteiger partial charge in [-0.25, -0.2) is 15.0 Å². The zero-order valence-electron chi connectivity index (χ0n) is 85.7. The fourth-order valence-corrected chi connectivity index (χ4v) is 19.6. The largest absolute Gasteiger partial charge is 0.456 e. The van der Waals surface area contributed by atoms with Crippen molar-refractivity contribution in [2.45, 2.75) is 157 Å². The molecule has 0 saturated carbocycles. The Labute approximate surface area is 843 Å². The summed E-state index contributed by atoms with van der Waals surface area (Å²) in [6.45, 7) is 40.0. The Kier molecular flexibility index (Phi) is 25.5. The van der Waals surface area contributed by atoms with Crippen molar-refractivity contribution in [2.75, 3.05) is 0 Å². The molecular weight excluding hydrogens is 1760 g/mol. The van der Waals surface area contributed by atoms with Gasteiger partial charge >= 0.3 is 0 Å². The van der Waals surface area contributed by atoms with Gasteiger partial charge in [0.2, 0.25) is 11.9 Å². The van der Waals surface area contributed by atoms with Gasteiger partial charge in [0, 0.05) is 104 Å². The van der Waals surface area contributed by atoms with E-state index in [2.05, 4.69) is 508 Å². The zero-order chi connectivity index (χ0) is 100. The van der Waals surface area contributed by atoms with Crippen LogP contribution in [0.3, 0.4) is 0 Å². The fourth-order valence-electron chi connectivity index (χ4n) is 19.6. The molecule has 8 heterocycles. The number of hydrogen-bond donors (Lipinski definition) is 0. The molecule has 0 fully saturated rings. The first-order valence-electron chi connectivity index (χ1n) is 50.1. The van der Waals surface area contributed by atoms with E-state index in [1.165, 1.54) is 137 Å². The van der Waals surface area contributed by atoms with Crippen molar-refractivity contribution in [3.8, 4) is 51.7 Å². The molecule has 25 rings (SSSR count). The van der Waals surface area contributed by atoms with Crippen molar-refractivity contribution in [3.05, 3.63) is 452 Å². The van der Waals surface area contributed by atoms with Crippen molar-refractivity contribution in [2.24, 2.45) is 0 Å². The van der Waals surface area contributed by atoms with Crippen LogP contribution in [-0.4, -0.2) is 52.7 Å². The Morgan fingerprint density at radius 1 is 0.181 bits per heavy atom. The summed E-state index contributed by atoms with van der Waals surface area (Å²) in [5.41, 5.74) is 25.2. The molecule has 12 nitrogen and oxygen atoms in total. The molecule has 0 aliphatic rings. The van der Waals surface area contributed by atoms with Crippen LogP contribution in [0.2, 0.25) is 0 Å². The number of para-hydroxylation sites is 11. The third kappa shape index (κ3) is 19.0. The van der Waals surface area contributed by atoms with E-state index in [1.54, 1.807) is 0 Å². The second-order valence-corrected chi connectivity index (χ2v) is 43.6. The second kappa shape index (κ2) is 38.5. The molecule has 8 aromatic heterocycles. The van der Waals surface area contributed by atoms with Gasteiger partial charge in [-0.1, -0.05) is 422 Å². The lowest BCUT2D eigenvalue weighted by Gasteiger charge is -2.20. The molecule has 12 heteroatoms. The van der Waals surface area contributed by atoms with Crippen LogP contribution < -0.4 is 0 Å². The molecule has 0 aliphatic carbocycles. The summed E-state index contributed by atoms with van der Waals surface area (Å²) in [5, 5.41) is 15.1. The third-order valence-electron chi connectivity index (χ3n) is 27.1. The lowest BCUT2D eigenvalue weighted by Crippen LogP contribution is -2.20. The van der Waals surface area contributed by atoms with Crippen LogP contribution in [0.5, 0.6) is 0 Å². The highest BCUT2D eigenvalue weighted by molar-refractivity contribution is 6.14. The summed E-state index contributed by atoms with van der Waals surface area (Å²) < 4.78 is 17.3. The average molecular weight is 1880 g/mol. The van der Waals surface area contributed by atoms with Gasteiger partial charge in [0.1, 0.15) is 22.8 Å². The molecular formula is C132H123N11O. The molecule has 0 amide bonds. The topological polar surface area (TPSA) is 115 Å². The van der Waals surface area contributed by atoms with E-state index in [9.17, 15) is 0 Å². The minimum atomic E-state index is -0.260. The van der Waals surface area contributed by atoms with Gasteiger partial charge in [-0.3, -0.25) is 9.13 Å². The predicted molar refractivity (Wildman–Crippen MR) is 607 cm³/mol. The minimum absolute atomic E-state index is 0.116. The number of hydrogen-bond acceptors (Lipinski definition) is 7. The summed E-state index contributed by atoms with van der Waals surface area (Å²) in [7, 11) is 0. The summed E-state index contributed by atoms with van der Waals surface area (Å²) >= 11 is 0. The summed E-state index contributed by atoms with van der Waals surface area (Å²) in [6, 6.07) is 147. The van der Waals surface area contributed by atoms with Gasteiger partial charge < -0.3 is 18.1 Å². The Hall–Kier alpha value is -16.4. The summed E-state index contributed by atoms with van der Waals surface area (Å²) in [4.78, 5) is 29.2. The first kappa shape index (κ1) is 95.1. The van der Waals surface area contributed by atoms with E-state index in [1.807, 2.05) is 72.8 Å². The van der Waals surface area contributed by atoms with Gasteiger partial charge in [-0.05, 0) is 165 Å². The van der Waals surface area contributed by atoms with Crippen molar-refractivity contribution in [1.82, 2.24) is 52.7 Å². The van der Waals surface area contributed by atoms with E-state index in [-0.39, 0.29) is 32.5 Å². The Morgan fingerprint density at radius 2 is 0.472 bits per heavy atom. The number of benzene rings is 17. The Bertz CT molecular complexity index is 8640. The normalized spacial score (nSPS) is 12.1. The van der Waals surface area contributed by atoms with Crippen molar-refractivity contribution in [3.63, 3.8) is 0 Å². The molecule has 144 heavy (non-hydrogen) atoms. The number of nitrogens with zero attached hydrogens (tertiary/aromatic N) is 11. The average Bonchev–Trinajstić information content (AvgIpc) is 1.59. The zero-order valence-corrected chi connectivity index (χ0v) is 85.7. The number of fused-ring (bicyclic) bond motifs is 18. The van der Waals surface area contributed by atoms with Gasteiger partial charge in [-0.15, -0.1) is 0 Å². The highest BCUT2D eigenvalue weighted by Gasteiger charge is 2.29. The van der Waals surface area contributed by atoms with Crippen LogP contribution in [0.1, 0.15) is 159 Å². The number of aromatic nitrogens is 11. The molecule has 0 N–H and O–H groups in total. The first-order chi connectivity index (χ1) is 69.3. The van der Waals surface area contributed by atoms with Crippen LogP contribution in [0.25, 0.3) is 183 Å². The van der Waals surface area contributed by atoms with Crippen LogP contribution in [0.15, 0.2) is 423 Å². The number of furan rings is 1. The van der Waals surface area contributed by atoms with Gasteiger partial charge in [-0.2, -0.15) is 15.0 Å². The van der Waals surface area contributed by atoms with Crippen molar-refractivity contribution in [1.29, 1.82) is 0 Å². The maximum absolute atomic E-state index is 5.82. The van der Waals surface area contributed by atoms with Crippen LogP contribution in [0, 0.1) is 0 Å². The molecule has 712 valence electrons. The molecule has 0 bridgehead atoms. The summed E-state index contributed by atoms with van der Waals surface area (Å²) in [5.74, 6) is 4.26. The summed E-state index contributed by atoms with van der Waals surface area (Å²) in [6.07, 6.45) is 0. The van der Waals surface area contributed by atoms with Gasteiger partial charge in [0.15, 0.2) is 11.6 Å². The van der Waals surface area contributed by atoms with Crippen molar-refractivity contribution >= 4 is 131 Å². The third-order valence-corrected chi connectivity index (χ3v) is 27.1. The van der Waals surface area contributed by atoms with Crippen LogP contribution in [0.4, 0.5) is 0 Å². The lowest BCUT2D eigenvalue weighted by atomic mass is 9.84. The smallest absolute Gasteiger partial charge is 0.239 e. The van der Waals surface area contributed by atoms with Gasteiger partial charge in [0.05, 0.1) is 55.2 Å². The SMILES string of the molecule is CC(C)(C)c1ccc2c(c1)c1ccccc1n2-c1ccccc1.CC(C)(C)c1ccc2c3ccccc3n(-c3ccccc3)c2c1.CC(C)(C)c1ccc2oc3ccccc3c2c1.CC(C)(C)c1cccc2c1c1ccccc1n2-c1ccccc1.CC(C)(C)c1nc(-c2ccccc2)nc(-c2ccccc2)n1.CC(C)(C)c1nc(-n2c3ccccc3c3ccccc32)nc(-n2c3ccccc3c3ccccc32)n1. The molecule has 0 radical (unpaired) electrons. The van der Waals surface area contributed by atoms with E-state index in [0.29, 0.717) is 11.9 Å². The Balaban J connectivity index is 0.000000107. The molecule has 0 atom stereocenters. The van der Waals surface area contributed by atoms with E-state index < -0.39 is 0 Å². The first-order valence-corrected chi connectivity index (χ1v) is 50.1. The van der Waals surface area contributed by atoms with E-state index >= 15 is 0 Å². The molecule has 0 saturated heterocycles. The van der Waals surface area contributed by atoms with Gasteiger partial charge in [0.25, 0.3) is 0 Å². The quantitative estimate of drug-likeness (QED) is 0.156. The minimum Gasteiger partial charge on any atom is -0.456 e.